The molecule has 1 aromatic carbocycles. The Labute approximate surface area is 164 Å². The lowest BCUT2D eigenvalue weighted by atomic mass is 10.1. The number of thiocarbonyl (C=S) groups is 1. The molecule has 3 rings (SSSR count). The normalized spacial score (nSPS) is 10.5. The van der Waals surface area contributed by atoms with Crippen molar-refractivity contribution in [2.45, 2.75) is 6.42 Å². The van der Waals surface area contributed by atoms with Crippen LogP contribution in [-0.4, -0.2) is 28.7 Å². The third-order valence-electron chi connectivity index (χ3n) is 3.69. The van der Waals surface area contributed by atoms with Crippen molar-refractivity contribution in [2.24, 2.45) is 0 Å². The SMILES string of the molecule is COc1cc(F)c(CCNC(=S)Nc2nc(-c3cccnc3)cs2)c(F)c1. The zero-order valence-corrected chi connectivity index (χ0v) is 16.0. The Morgan fingerprint density at radius 2 is 2.07 bits per heavy atom. The van der Waals surface area contributed by atoms with Gasteiger partial charge in [0.25, 0.3) is 0 Å². The molecule has 9 heteroatoms. The molecule has 5 nitrogen and oxygen atoms in total. The summed E-state index contributed by atoms with van der Waals surface area (Å²) in [5.74, 6) is -1.14. The fourth-order valence-corrected chi connectivity index (χ4v) is 3.34. The van der Waals surface area contributed by atoms with Gasteiger partial charge in [-0.1, -0.05) is 0 Å². The highest BCUT2D eigenvalue weighted by molar-refractivity contribution is 7.80. The van der Waals surface area contributed by atoms with Gasteiger partial charge < -0.3 is 15.4 Å². The van der Waals surface area contributed by atoms with Gasteiger partial charge in [0.1, 0.15) is 17.4 Å². The van der Waals surface area contributed by atoms with Crippen LogP contribution in [0.4, 0.5) is 13.9 Å². The second kappa shape index (κ2) is 8.83. The summed E-state index contributed by atoms with van der Waals surface area (Å²) in [4.78, 5) is 8.50. The van der Waals surface area contributed by atoms with Gasteiger partial charge in [0, 0.05) is 47.6 Å². The predicted molar refractivity (Wildman–Crippen MR) is 106 cm³/mol. The molecular weight excluding hydrogens is 390 g/mol. The first-order valence-electron chi connectivity index (χ1n) is 7.99. The molecular formula is C18H16F2N4OS2. The molecule has 0 aliphatic rings. The Morgan fingerprint density at radius 1 is 1.30 bits per heavy atom. The van der Waals surface area contributed by atoms with Crippen molar-refractivity contribution in [2.75, 3.05) is 19.0 Å². The Morgan fingerprint density at radius 3 is 2.74 bits per heavy atom. The minimum Gasteiger partial charge on any atom is -0.497 e. The average molecular weight is 406 g/mol. The number of benzene rings is 1. The monoisotopic (exact) mass is 406 g/mol. The molecule has 0 saturated carbocycles. The number of methoxy groups -OCH3 is 1. The second-order valence-corrected chi connectivity index (χ2v) is 6.75. The van der Waals surface area contributed by atoms with Crippen molar-refractivity contribution in [1.29, 1.82) is 0 Å². The van der Waals surface area contributed by atoms with E-state index in [1.54, 1.807) is 12.4 Å². The smallest absolute Gasteiger partial charge is 0.189 e. The number of thiazole rings is 1. The number of hydrogen-bond acceptors (Lipinski definition) is 5. The largest absolute Gasteiger partial charge is 0.497 e. The molecule has 0 aliphatic carbocycles. The maximum Gasteiger partial charge on any atom is 0.189 e. The average Bonchev–Trinajstić information content (AvgIpc) is 3.13. The summed E-state index contributed by atoms with van der Waals surface area (Å²) in [6, 6.07) is 6.07. The van der Waals surface area contributed by atoms with Crippen molar-refractivity contribution in [3.8, 4) is 17.0 Å². The minimum atomic E-state index is -0.645. The molecule has 0 unspecified atom stereocenters. The van der Waals surface area contributed by atoms with E-state index in [1.807, 2.05) is 17.5 Å². The molecule has 0 aliphatic heterocycles. The van der Waals surface area contributed by atoms with Gasteiger partial charge in [-0.15, -0.1) is 11.3 Å². The maximum atomic E-state index is 13.9. The molecule has 3 aromatic rings. The van der Waals surface area contributed by atoms with Crippen LogP contribution in [0.5, 0.6) is 5.75 Å². The predicted octanol–water partition coefficient (Wildman–Crippen LogP) is 4.02. The fraction of sp³-hybridized carbons (Fsp3) is 0.167. The van der Waals surface area contributed by atoms with Gasteiger partial charge in [0.05, 0.1) is 12.8 Å². The van der Waals surface area contributed by atoms with Gasteiger partial charge >= 0.3 is 0 Å². The van der Waals surface area contributed by atoms with E-state index < -0.39 is 11.6 Å². The lowest BCUT2D eigenvalue weighted by molar-refractivity contribution is 0.405. The first-order valence-corrected chi connectivity index (χ1v) is 9.28. The van der Waals surface area contributed by atoms with Crippen molar-refractivity contribution < 1.29 is 13.5 Å². The van der Waals surface area contributed by atoms with Gasteiger partial charge in [-0.25, -0.2) is 13.8 Å². The van der Waals surface area contributed by atoms with Gasteiger partial charge in [-0.3, -0.25) is 4.98 Å². The van der Waals surface area contributed by atoms with E-state index in [0.29, 0.717) is 10.2 Å². The third kappa shape index (κ3) is 4.95. The van der Waals surface area contributed by atoms with E-state index in [2.05, 4.69) is 20.6 Å². The van der Waals surface area contributed by atoms with Gasteiger partial charge in [-0.2, -0.15) is 0 Å². The quantitative estimate of drug-likeness (QED) is 0.603. The van der Waals surface area contributed by atoms with Crippen LogP contribution in [0.2, 0.25) is 0 Å². The molecule has 140 valence electrons. The molecule has 0 fully saturated rings. The Balaban J connectivity index is 1.53. The van der Waals surface area contributed by atoms with Crippen LogP contribution in [0.25, 0.3) is 11.3 Å². The standard InChI is InChI=1S/C18H16F2N4OS2/c1-25-12-7-14(19)13(15(20)8-12)4-6-22-17(26)24-18-23-16(10-27-18)11-3-2-5-21-9-11/h2-3,5,7-10H,4,6H2,1H3,(H2,22,23,24,26). The number of ether oxygens (including phenoxy) is 1. The molecule has 0 amide bonds. The first kappa shape index (κ1) is 19.1. The van der Waals surface area contributed by atoms with E-state index in [-0.39, 0.29) is 24.3 Å². The van der Waals surface area contributed by atoms with Crippen LogP contribution in [0.1, 0.15) is 5.56 Å². The summed E-state index contributed by atoms with van der Waals surface area (Å²) in [7, 11) is 1.36. The summed E-state index contributed by atoms with van der Waals surface area (Å²) in [6.45, 7) is 0.271. The number of rotatable bonds is 6. The zero-order chi connectivity index (χ0) is 19.2. The van der Waals surface area contributed by atoms with Crippen LogP contribution >= 0.6 is 23.6 Å². The molecule has 2 N–H and O–H groups in total. The molecule has 0 saturated heterocycles. The number of halogens is 2. The number of nitrogens with one attached hydrogen (secondary N) is 2. The topological polar surface area (TPSA) is 59.1 Å². The molecule has 0 atom stereocenters. The highest BCUT2D eigenvalue weighted by Gasteiger charge is 2.12. The summed E-state index contributed by atoms with van der Waals surface area (Å²) < 4.78 is 32.7. The van der Waals surface area contributed by atoms with Crippen molar-refractivity contribution in [3.05, 3.63) is 59.2 Å². The number of anilines is 1. The molecule has 0 spiro atoms. The molecule has 0 bridgehead atoms. The third-order valence-corrected chi connectivity index (χ3v) is 4.70. The molecule has 27 heavy (non-hydrogen) atoms. The van der Waals surface area contributed by atoms with Crippen LogP contribution in [0.3, 0.4) is 0 Å². The van der Waals surface area contributed by atoms with Gasteiger partial charge in [0.2, 0.25) is 0 Å². The summed E-state index contributed by atoms with van der Waals surface area (Å²) in [5, 5.41) is 8.73. The first-order chi connectivity index (χ1) is 13.1. The van der Waals surface area contributed by atoms with Crippen LogP contribution in [-0.2, 0) is 6.42 Å². The summed E-state index contributed by atoms with van der Waals surface area (Å²) in [5.41, 5.74) is 1.69. The number of aromatic nitrogens is 2. The number of hydrogen-bond donors (Lipinski definition) is 2. The van der Waals surface area contributed by atoms with Crippen LogP contribution in [0, 0.1) is 11.6 Å². The van der Waals surface area contributed by atoms with E-state index in [1.165, 1.54) is 18.4 Å². The molecule has 0 radical (unpaired) electrons. The lowest BCUT2D eigenvalue weighted by Crippen LogP contribution is -2.30. The van der Waals surface area contributed by atoms with Crippen molar-refractivity contribution >= 4 is 33.8 Å². The Bertz CT molecular complexity index is 911. The fourth-order valence-electron chi connectivity index (χ4n) is 2.36. The van der Waals surface area contributed by atoms with E-state index >= 15 is 0 Å². The Kier molecular flexibility index (Phi) is 6.25. The van der Waals surface area contributed by atoms with E-state index in [4.69, 9.17) is 17.0 Å². The van der Waals surface area contributed by atoms with E-state index in [9.17, 15) is 8.78 Å². The highest BCUT2D eigenvalue weighted by atomic mass is 32.1. The zero-order valence-electron chi connectivity index (χ0n) is 14.3. The Hall–Kier alpha value is -2.65. The van der Waals surface area contributed by atoms with Crippen LogP contribution in [0.15, 0.2) is 42.0 Å². The lowest BCUT2D eigenvalue weighted by Gasteiger charge is -2.10. The van der Waals surface area contributed by atoms with Gasteiger partial charge in [-0.05, 0) is 30.8 Å². The maximum absolute atomic E-state index is 13.9. The number of nitrogens with zero attached hydrogens (tertiary/aromatic N) is 2. The summed E-state index contributed by atoms with van der Waals surface area (Å²) in [6.07, 6.45) is 3.57. The summed E-state index contributed by atoms with van der Waals surface area (Å²) >= 11 is 6.61. The number of pyridine rings is 1. The van der Waals surface area contributed by atoms with Crippen molar-refractivity contribution in [1.82, 2.24) is 15.3 Å². The molecule has 2 aromatic heterocycles. The van der Waals surface area contributed by atoms with Gasteiger partial charge in [0.15, 0.2) is 10.2 Å². The highest BCUT2D eigenvalue weighted by Crippen LogP contribution is 2.24. The van der Waals surface area contributed by atoms with E-state index in [0.717, 1.165) is 23.4 Å². The second-order valence-electron chi connectivity index (χ2n) is 5.48. The molecule has 2 heterocycles. The van der Waals surface area contributed by atoms with Crippen LogP contribution < -0.4 is 15.4 Å². The minimum absolute atomic E-state index is 0.0146. The van der Waals surface area contributed by atoms with Crippen molar-refractivity contribution in [3.63, 3.8) is 0 Å².